The quantitative estimate of drug-likeness (QED) is 0.692. The highest BCUT2D eigenvalue weighted by atomic mass is 35.5. The Hall–Kier alpha value is -2.05. The summed E-state index contributed by atoms with van der Waals surface area (Å²) in [6.45, 7) is 3.90. The highest BCUT2D eigenvalue weighted by molar-refractivity contribution is 6.30. The summed E-state index contributed by atoms with van der Waals surface area (Å²) in [5, 5.41) is 15.6. The zero-order valence-corrected chi connectivity index (χ0v) is 17.5. The fraction of sp³-hybridized carbons (Fsp3) is 0.391. The number of ether oxygens (including phenoxy) is 1. The number of likely N-dealkylation sites (tertiary alicyclic amines) is 1. The van der Waals surface area contributed by atoms with Crippen molar-refractivity contribution in [1.82, 2.24) is 14.8 Å². The van der Waals surface area contributed by atoms with E-state index >= 15 is 0 Å². The lowest BCUT2D eigenvalue weighted by Gasteiger charge is -2.54. The Morgan fingerprint density at radius 3 is 2.66 bits per heavy atom. The van der Waals surface area contributed by atoms with Crippen LogP contribution in [0.5, 0.6) is 5.75 Å². The average molecular weight is 412 g/mol. The van der Waals surface area contributed by atoms with E-state index in [0.717, 1.165) is 42.5 Å². The first-order valence-corrected chi connectivity index (χ1v) is 10.4. The van der Waals surface area contributed by atoms with Gasteiger partial charge in [0.05, 0.1) is 25.3 Å². The molecule has 0 bridgehead atoms. The summed E-state index contributed by atoms with van der Waals surface area (Å²) in [6, 6.07) is 14.4. The van der Waals surface area contributed by atoms with Crippen molar-refractivity contribution in [2.45, 2.75) is 18.0 Å². The molecule has 1 spiro atoms. The first kappa shape index (κ1) is 18.9. The number of aromatic nitrogens is 1. The second-order valence-corrected chi connectivity index (χ2v) is 8.81. The third kappa shape index (κ3) is 2.96. The van der Waals surface area contributed by atoms with Crippen molar-refractivity contribution in [1.29, 1.82) is 0 Å². The van der Waals surface area contributed by atoms with E-state index in [1.807, 2.05) is 18.2 Å². The summed E-state index contributed by atoms with van der Waals surface area (Å²) in [4.78, 5) is 2.48. The summed E-state index contributed by atoms with van der Waals surface area (Å²) >= 11 is 6.02. The first-order chi connectivity index (χ1) is 14.0. The predicted molar refractivity (Wildman–Crippen MR) is 116 cm³/mol. The summed E-state index contributed by atoms with van der Waals surface area (Å²) in [5.41, 5.74) is 5.11. The van der Waals surface area contributed by atoms with Crippen LogP contribution in [0, 0.1) is 0 Å². The molecule has 1 atom stereocenters. The van der Waals surface area contributed by atoms with E-state index in [1.165, 1.54) is 22.2 Å². The molecule has 0 aliphatic carbocycles. The van der Waals surface area contributed by atoms with Gasteiger partial charge in [0.2, 0.25) is 0 Å². The minimum absolute atomic E-state index is 0.0377. The van der Waals surface area contributed by atoms with Gasteiger partial charge < -0.3 is 19.7 Å². The van der Waals surface area contributed by atoms with Crippen molar-refractivity contribution in [3.63, 3.8) is 0 Å². The summed E-state index contributed by atoms with van der Waals surface area (Å²) in [6.07, 6.45) is 0. The van der Waals surface area contributed by atoms with Crippen LogP contribution in [0.3, 0.4) is 0 Å². The van der Waals surface area contributed by atoms with E-state index in [2.05, 4.69) is 46.1 Å². The van der Waals surface area contributed by atoms with Crippen LogP contribution in [0.1, 0.15) is 22.9 Å². The SMILES string of the molecule is COc1ccc2c3c(n(C)c2c1)[C@@H](CO)NCC31CN(Cc2ccc(Cl)cc2)C1. The Labute approximate surface area is 175 Å². The highest BCUT2D eigenvalue weighted by Gasteiger charge is 2.50. The molecule has 0 amide bonds. The molecule has 0 saturated carbocycles. The van der Waals surface area contributed by atoms with Crippen molar-refractivity contribution in [2.75, 3.05) is 33.4 Å². The lowest BCUT2D eigenvalue weighted by molar-refractivity contribution is 0.0443. The zero-order valence-electron chi connectivity index (χ0n) is 16.8. The van der Waals surface area contributed by atoms with Gasteiger partial charge >= 0.3 is 0 Å². The molecule has 2 aliphatic heterocycles. The number of nitrogens with zero attached hydrogens (tertiary/aromatic N) is 2. The van der Waals surface area contributed by atoms with E-state index in [-0.39, 0.29) is 18.1 Å². The summed E-state index contributed by atoms with van der Waals surface area (Å²) in [5.74, 6) is 0.857. The maximum absolute atomic E-state index is 10.00. The number of aliphatic hydroxyl groups excluding tert-OH is 1. The van der Waals surface area contributed by atoms with Gasteiger partial charge in [0.25, 0.3) is 0 Å². The first-order valence-electron chi connectivity index (χ1n) is 10.0. The van der Waals surface area contributed by atoms with Crippen LogP contribution in [0.4, 0.5) is 0 Å². The number of nitrogens with one attached hydrogen (secondary N) is 1. The van der Waals surface area contributed by atoms with Crippen LogP contribution >= 0.6 is 11.6 Å². The molecule has 5 rings (SSSR count). The third-order valence-corrected chi connectivity index (χ3v) is 6.81. The second kappa shape index (κ2) is 7.03. The number of hydrogen-bond donors (Lipinski definition) is 2. The topological polar surface area (TPSA) is 49.7 Å². The molecule has 2 aliphatic rings. The number of fused-ring (bicyclic) bond motifs is 4. The van der Waals surface area contributed by atoms with Crippen molar-refractivity contribution < 1.29 is 9.84 Å². The maximum atomic E-state index is 10.00. The van der Waals surface area contributed by atoms with E-state index in [9.17, 15) is 5.11 Å². The van der Waals surface area contributed by atoms with Gasteiger partial charge in [-0.1, -0.05) is 23.7 Å². The van der Waals surface area contributed by atoms with Gasteiger partial charge in [0.15, 0.2) is 0 Å². The fourth-order valence-electron chi connectivity index (χ4n) is 5.22. The number of aryl methyl sites for hydroxylation is 1. The maximum Gasteiger partial charge on any atom is 0.120 e. The minimum atomic E-state index is -0.0377. The number of benzene rings is 2. The normalized spacial score (nSPS) is 20.6. The van der Waals surface area contributed by atoms with Gasteiger partial charge in [-0.2, -0.15) is 0 Å². The number of methoxy groups -OCH3 is 1. The highest BCUT2D eigenvalue weighted by Crippen LogP contribution is 2.46. The van der Waals surface area contributed by atoms with Crippen LogP contribution in [-0.2, 0) is 19.0 Å². The number of halogens is 1. The van der Waals surface area contributed by atoms with Crippen molar-refractivity contribution in [3.8, 4) is 5.75 Å². The van der Waals surface area contributed by atoms with Crippen LogP contribution in [0.2, 0.25) is 5.02 Å². The predicted octanol–water partition coefficient (Wildman–Crippen LogP) is 3.23. The van der Waals surface area contributed by atoms with Crippen molar-refractivity contribution >= 4 is 22.5 Å². The Morgan fingerprint density at radius 1 is 1.21 bits per heavy atom. The number of hydrogen-bond acceptors (Lipinski definition) is 4. The Balaban J connectivity index is 1.51. The molecule has 29 heavy (non-hydrogen) atoms. The van der Waals surface area contributed by atoms with Gasteiger partial charge in [0.1, 0.15) is 5.75 Å². The molecular weight excluding hydrogens is 386 g/mol. The number of rotatable bonds is 4. The van der Waals surface area contributed by atoms with Gasteiger partial charge in [-0.25, -0.2) is 0 Å². The zero-order chi connectivity index (χ0) is 20.2. The molecule has 2 aromatic carbocycles. The standard InChI is InChI=1S/C23H26ClN3O2/c1-26-20-9-17(29-2)7-8-18(20)21-22(26)19(11-28)25-12-23(21)13-27(14-23)10-15-3-5-16(24)6-4-15/h3-9,19,25,28H,10-14H2,1-2H3/t19-/m1/s1. The number of aliphatic hydroxyl groups is 1. The van der Waals surface area contributed by atoms with Crippen LogP contribution in [0.25, 0.3) is 10.9 Å². The average Bonchev–Trinajstić information content (AvgIpc) is 3.01. The summed E-state index contributed by atoms with van der Waals surface area (Å²) in [7, 11) is 3.79. The monoisotopic (exact) mass is 411 g/mol. The molecule has 152 valence electrons. The Kier molecular flexibility index (Phi) is 4.59. The molecule has 1 saturated heterocycles. The molecule has 3 aromatic rings. The molecule has 5 nitrogen and oxygen atoms in total. The molecule has 1 aromatic heterocycles. The van der Waals surface area contributed by atoms with Gasteiger partial charge in [-0.3, -0.25) is 4.90 Å². The largest absolute Gasteiger partial charge is 0.497 e. The van der Waals surface area contributed by atoms with Crippen molar-refractivity contribution in [3.05, 3.63) is 64.3 Å². The van der Waals surface area contributed by atoms with Crippen molar-refractivity contribution in [2.24, 2.45) is 7.05 Å². The van der Waals surface area contributed by atoms with E-state index in [0.29, 0.717) is 0 Å². The molecule has 2 N–H and O–H groups in total. The smallest absolute Gasteiger partial charge is 0.120 e. The fourth-order valence-corrected chi connectivity index (χ4v) is 5.35. The van der Waals surface area contributed by atoms with Gasteiger partial charge in [-0.05, 0) is 35.4 Å². The minimum Gasteiger partial charge on any atom is -0.497 e. The molecule has 0 unspecified atom stereocenters. The molecule has 0 radical (unpaired) electrons. The van der Waals surface area contributed by atoms with Crippen LogP contribution in [-0.4, -0.2) is 47.9 Å². The van der Waals surface area contributed by atoms with Crippen LogP contribution in [0.15, 0.2) is 42.5 Å². The Bertz CT molecular complexity index is 1050. The second-order valence-electron chi connectivity index (χ2n) is 8.37. The molecule has 1 fully saturated rings. The van der Waals surface area contributed by atoms with Gasteiger partial charge in [0, 0.05) is 60.8 Å². The van der Waals surface area contributed by atoms with Crippen LogP contribution < -0.4 is 10.1 Å². The lowest BCUT2D eigenvalue weighted by atomic mass is 9.69. The summed E-state index contributed by atoms with van der Waals surface area (Å²) < 4.78 is 7.68. The third-order valence-electron chi connectivity index (χ3n) is 6.55. The molecular formula is C23H26ClN3O2. The Morgan fingerprint density at radius 2 is 1.97 bits per heavy atom. The van der Waals surface area contributed by atoms with E-state index < -0.39 is 0 Å². The molecule has 6 heteroatoms. The van der Waals surface area contributed by atoms with E-state index in [1.54, 1.807) is 7.11 Å². The lowest BCUT2D eigenvalue weighted by Crippen LogP contribution is -2.65. The van der Waals surface area contributed by atoms with E-state index in [4.69, 9.17) is 16.3 Å². The molecule has 3 heterocycles. The van der Waals surface area contributed by atoms with Gasteiger partial charge in [-0.15, -0.1) is 0 Å².